The maximum absolute atomic E-state index is 11.9. The van der Waals surface area contributed by atoms with Crippen molar-refractivity contribution in [2.24, 2.45) is 5.10 Å². The highest BCUT2D eigenvalue weighted by Gasteiger charge is 2.31. The van der Waals surface area contributed by atoms with Gasteiger partial charge in [0.15, 0.2) is 0 Å². The van der Waals surface area contributed by atoms with Gasteiger partial charge >= 0.3 is 0 Å². The Morgan fingerprint density at radius 3 is 2.50 bits per heavy atom. The van der Waals surface area contributed by atoms with E-state index >= 15 is 0 Å². The van der Waals surface area contributed by atoms with Crippen LogP contribution in [0.5, 0.6) is 11.5 Å². The largest absolute Gasteiger partial charge is 0.508 e. The molecule has 5 heteroatoms. The van der Waals surface area contributed by atoms with E-state index in [0.29, 0.717) is 6.42 Å². The van der Waals surface area contributed by atoms with Crippen LogP contribution in [0.2, 0.25) is 0 Å². The molecule has 2 aromatic carbocycles. The molecule has 2 N–H and O–H groups in total. The molecule has 0 spiro atoms. The Labute approximate surface area is 128 Å². The summed E-state index contributed by atoms with van der Waals surface area (Å²) in [5.74, 6) is 0.205. The second-order valence-electron chi connectivity index (χ2n) is 5.27. The Morgan fingerprint density at radius 1 is 1.14 bits per heavy atom. The van der Waals surface area contributed by atoms with Crippen LogP contribution >= 0.6 is 0 Å². The molecule has 1 heterocycles. The minimum absolute atomic E-state index is 0.151. The Kier molecular flexibility index (Phi) is 3.55. The number of aromatic hydroxyl groups is 2. The summed E-state index contributed by atoms with van der Waals surface area (Å²) >= 11 is 0. The lowest BCUT2D eigenvalue weighted by molar-refractivity contribution is -0.130. The molecule has 0 bridgehead atoms. The second-order valence-corrected chi connectivity index (χ2v) is 5.27. The number of hydrogen-bond acceptors (Lipinski definition) is 4. The predicted molar refractivity (Wildman–Crippen MR) is 82.6 cm³/mol. The van der Waals surface area contributed by atoms with Crippen molar-refractivity contribution in [3.8, 4) is 11.5 Å². The molecule has 3 rings (SSSR count). The van der Waals surface area contributed by atoms with E-state index in [9.17, 15) is 15.0 Å². The van der Waals surface area contributed by atoms with Crippen LogP contribution in [0.1, 0.15) is 30.5 Å². The van der Waals surface area contributed by atoms with Crippen LogP contribution in [0.3, 0.4) is 0 Å². The fourth-order valence-corrected chi connectivity index (χ4v) is 2.62. The number of amides is 1. The van der Waals surface area contributed by atoms with Crippen molar-refractivity contribution in [2.45, 2.75) is 19.4 Å². The number of hydrogen-bond donors (Lipinski definition) is 2. The minimum atomic E-state index is -0.228. The molecule has 0 aromatic heterocycles. The lowest BCUT2D eigenvalue weighted by atomic mass is 9.98. The van der Waals surface area contributed by atoms with Crippen LogP contribution in [0.4, 0.5) is 0 Å². The van der Waals surface area contributed by atoms with Crippen molar-refractivity contribution in [3.05, 3.63) is 59.7 Å². The van der Waals surface area contributed by atoms with Crippen molar-refractivity contribution in [2.75, 3.05) is 0 Å². The van der Waals surface area contributed by atoms with Crippen LogP contribution in [0, 0.1) is 0 Å². The van der Waals surface area contributed by atoms with E-state index in [4.69, 9.17) is 0 Å². The molecule has 0 radical (unpaired) electrons. The first kappa shape index (κ1) is 14.1. The monoisotopic (exact) mass is 296 g/mol. The zero-order valence-corrected chi connectivity index (χ0v) is 12.1. The van der Waals surface area contributed by atoms with Gasteiger partial charge in [-0.1, -0.05) is 12.1 Å². The quantitative estimate of drug-likeness (QED) is 0.895. The van der Waals surface area contributed by atoms with Gasteiger partial charge in [0.05, 0.1) is 11.8 Å². The van der Waals surface area contributed by atoms with E-state index in [1.807, 2.05) is 6.07 Å². The molecule has 0 fully saturated rings. The molecule has 1 atom stereocenters. The molecule has 2 aromatic rings. The lowest BCUT2D eigenvalue weighted by Crippen LogP contribution is -2.24. The van der Waals surface area contributed by atoms with Gasteiger partial charge in [0, 0.05) is 13.3 Å². The third-order valence-electron chi connectivity index (χ3n) is 3.69. The van der Waals surface area contributed by atoms with Gasteiger partial charge in [0.25, 0.3) is 0 Å². The molecule has 0 saturated heterocycles. The second kappa shape index (κ2) is 5.52. The van der Waals surface area contributed by atoms with Gasteiger partial charge < -0.3 is 10.2 Å². The molecule has 0 aliphatic carbocycles. The zero-order valence-electron chi connectivity index (χ0n) is 12.1. The molecule has 5 nitrogen and oxygen atoms in total. The van der Waals surface area contributed by atoms with Crippen molar-refractivity contribution in [1.82, 2.24) is 5.01 Å². The first-order valence-electron chi connectivity index (χ1n) is 7.00. The number of rotatable bonds is 2. The molecule has 1 unspecified atom stereocenters. The molecule has 0 saturated carbocycles. The first-order valence-corrected chi connectivity index (χ1v) is 7.00. The maximum Gasteiger partial charge on any atom is 0.240 e. The highest BCUT2D eigenvalue weighted by atomic mass is 16.3. The zero-order chi connectivity index (χ0) is 15.7. The number of benzene rings is 2. The molecular weight excluding hydrogens is 280 g/mol. The summed E-state index contributed by atoms with van der Waals surface area (Å²) in [4.78, 5) is 11.9. The molecular formula is C17H16N2O3. The van der Waals surface area contributed by atoms with Crippen molar-refractivity contribution < 1.29 is 15.0 Å². The normalized spacial score (nSPS) is 17.4. The molecule has 1 amide bonds. The fourth-order valence-electron chi connectivity index (χ4n) is 2.62. The van der Waals surface area contributed by atoms with E-state index < -0.39 is 0 Å². The van der Waals surface area contributed by atoms with Gasteiger partial charge in [-0.2, -0.15) is 5.10 Å². The summed E-state index contributed by atoms with van der Waals surface area (Å²) in [6.45, 7) is 1.47. The Morgan fingerprint density at radius 2 is 1.86 bits per heavy atom. The van der Waals surface area contributed by atoms with Crippen LogP contribution in [0.25, 0.3) is 0 Å². The molecule has 112 valence electrons. The summed E-state index contributed by atoms with van der Waals surface area (Å²) in [7, 11) is 0. The third-order valence-corrected chi connectivity index (χ3v) is 3.69. The Bertz CT molecular complexity index is 738. The summed E-state index contributed by atoms with van der Waals surface area (Å²) in [5, 5.41) is 24.9. The summed E-state index contributed by atoms with van der Waals surface area (Å²) in [6.07, 6.45) is 0.563. The number of phenols is 2. The highest BCUT2D eigenvalue weighted by molar-refractivity contribution is 6.03. The van der Waals surface area contributed by atoms with E-state index in [0.717, 1.165) is 16.8 Å². The average Bonchev–Trinajstić information content (AvgIpc) is 2.93. The van der Waals surface area contributed by atoms with E-state index in [1.54, 1.807) is 42.5 Å². The number of phenolic OH excluding ortho intramolecular Hbond substituents is 2. The SMILES string of the molecule is CC(=O)N1N=C(c2ccc(O)cc2)CC1c1cccc(O)c1. The van der Waals surface area contributed by atoms with E-state index in [2.05, 4.69) is 5.10 Å². The van der Waals surface area contributed by atoms with Crippen molar-refractivity contribution in [3.63, 3.8) is 0 Å². The van der Waals surface area contributed by atoms with Gasteiger partial charge in [-0.3, -0.25) is 4.79 Å². The summed E-state index contributed by atoms with van der Waals surface area (Å²) in [6, 6.07) is 13.4. The maximum atomic E-state index is 11.9. The van der Waals surface area contributed by atoms with Crippen molar-refractivity contribution >= 4 is 11.6 Å². The van der Waals surface area contributed by atoms with Crippen LogP contribution < -0.4 is 0 Å². The molecule has 22 heavy (non-hydrogen) atoms. The average molecular weight is 296 g/mol. The van der Waals surface area contributed by atoms with Crippen LogP contribution in [-0.4, -0.2) is 26.8 Å². The smallest absolute Gasteiger partial charge is 0.240 e. The van der Waals surface area contributed by atoms with Gasteiger partial charge in [-0.05, 0) is 47.5 Å². The number of nitrogens with zero attached hydrogens (tertiary/aromatic N) is 2. The number of carbonyl (C=O) groups excluding carboxylic acids is 1. The highest BCUT2D eigenvalue weighted by Crippen LogP contribution is 2.34. The standard InChI is InChI=1S/C17H16N2O3/c1-11(20)19-17(13-3-2-4-15(22)9-13)10-16(18-19)12-5-7-14(21)8-6-12/h2-9,17,21-22H,10H2,1H3. The van der Waals surface area contributed by atoms with Gasteiger partial charge in [0.2, 0.25) is 5.91 Å². The Balaban J connectivity index is 1.94. The minimum Gasteiger partial charge on any atom is -0.508 e. The lowest BCUT2D eigenvalue weighted by Gasteiger charge is -2.20. The van der Waals surface area contributed by atoms with E-state index in [-0.39, 0.29) is 23.4 Å². The first-order chi connectivity index (χ1) is 10.5. The van der Waals surface area contributed by atoms with Crippen molar-refractivity contribution in [1.29, 1.82) is 0 Å². The van der Waals surface area contributed by atoms with Gasteiger partial charge in [-0.15, -0.1) is 0 Å². The van der Waals surface area contributed by atoms with Crippen LogP contribution in [0.15, 0.2) is 53.6 Å². The third kappa shape index (κ3) is 2.65. The number of carbonyl (C=O) groups is 1. The fraction of sp³-hybridized carbons (Fsp3) is 0.176. The topological polar surface area (TPSA) is 73.1 Å². The summed E-state index contributed by atoms with van der Waals surface area (Å²) < 4.78 is 0. The predicted octanol–water partition coefficient (Wildman–Crippen LogP) is 2.80. The number of hydrazone groups is 1. The molecule has 1 aliphatic rings. The Hall–Kier alpha value is -2.82. The van der Waals surface area contributed by atoms with Gasteiger partial charge in [0.1, 0.15) is 11.5 Å². The summed E-state index contributed by atoms with van der Waals surface area (Å²) in [5.41, 5.74) is 2.49. The van der Waals surface area contributed by atoms with Gasteiger partial charge in [-0.25, -0.2) is 5.01 Å². The molecule has 1 aliphatic heterocycles. The van der Waals surface area contributed by atoms with E-state index in [1.165, 1.54) is 11.9 Å². The van der Waals surface area contributed by atoms with Crippen LogP contribution in [-0.2, 0) is 4.79 Å².